The second-order valence-electron chi connectivity index (χ2n) is 8.06. The third-order valence-electron chi connectivity index (χ3n) is 6.26. The average molecular weight is 422 g/mol. The van der Waals surface area contributed by atoms with Gasteiger partial charge < -0.3 is 10.1 Å². The van der Waals surface area contributed by atoms with Crippen molar-refractivity contribution in [3.8, 4) is 0 Å². The fourth-order valence-corrected chi connectivity index (χ4v) is 4.75. The molecule has 1 N–H and O–H groups in total. The first kappa shape index (κ1) is 21.6. The van der Waals surface area contributed by atoms with E-state index in [1.165, 1.54) is 12.0 Å². The summed E-state index contributed by atoms with van der Waals surface area (Å²) in [6.07, 6.45) is 2.85. The summed E-state index contributed by atoms with van der Waals surface area (Å²) in [6.45, 7) is 4.29. The summed E-state index contributed by atoms with van der Waals surface area (Å²) in [5.41, 5.74) is -0.0596. The normalized spacial score (nSPS) is 26.9. The van der Waals surface area contributed by atoms with Crippen LogP contribution in [0.2, 0.25) is 5.02 Å². The fraction of sp³-hybridized carbons (Fsp3) is 0.571. The Bertz CT molecular complexity index is 790. The zero-order valence-corrected chi connectivity index (χ0v) is 17.9. The molecule has 1 spiro atoms. The summed E-state index contributed by atoms with van der Waals surface area (Å²) >= 11 is 6.26. The lowest BCUT2D eigenvalue weighted by Gasteiger charge is -2.42. The molecule has 2 aliphatic rings. The van der Waals surface area contributed by atoms with Crippen LogP contribution in [0, 0.1) is 11.8 Å². The highest BCUT2D eigenvalue weighted by molar-refractivity contribution is 6.31. The Morgan fingerprint density at radius 1 is 1.28 bits per heavy atom. The van der Waals surface area contributed by atoms with Gasteiger partial charge >= 0.3 is 12.0 Å². The quantitative estimate of drug-likeness (QED) is 0.564. The molecule has 2 unspecified atom stereocenters. The van der Waals surface area contributed by atoms with Gasteiger partial charge in [0.25, 0.3) is 5.91 Å². The number of urea groups is 1. The molecule has 1 aliphatic carbocycles. The van der Waals surface area contributed by atoms with Crippen LogP contribution in [0.5, 0.6) is 0 Å². The van der Waals surface area contributed by atoms with Crippen molar-refractivity contribution < 1.29 is 19.1 Å². The fourth-order valence-electron chi connectivity index (χ4n) is 4.55. The van der Waals surface area contributed by atoms with Gasteiger partial charge in [-0.15, -0.1) is 0 Å². The number of nitrogens with zero attached hydrogens (tertiary/aromatic N) is 2. The van der Waals surface area contributed by atoms with Gasteiger partial charge in [0.2, 0.25) is 0 Å². The molecule has 29 heavy (non-hydrogen) atoms. The van der Waals surface area contributed by atoms with Gasteiger partial charge in [-0.05, 0) is 36.3 Å². The largest absolute Gasteiger partial charge is 0.468 e. The number of nitrogens with one attached hydrogen (secondary N) is 1. The van der Waals surface area contributed by atoms with Gasteiger partial charge in [0, 0.05) is 11.6 Å². The van der Waals surface area contributed by atoms with E-state index >= 15 is 0 Å². The first-order valence-corrected chi connectivity index (χ1v) is 10.3. The number of amides is 3. The number of carbonyl (C=O) groups excluding carboxylic acids is 3. The second-order valence-corrected chi connectivity index (χ2v) is 8.47. The van der Waals surface area contributed by atoms with Gasteiger partial charge in [0.1, 0.15) is 5.54 Å². The molecule has 1 aliphatic heterocycles. The molecule has 1 aromatic rings. The van der Waals surface area contributed by atoms with Crippen molar-refractivity contribution in [1.29, 1.82) is 0 Å². The molecule has 1 saturated carbocycles. The third-order valence-corrected chi connectivity index (χ3v) is 6.63. The minimum Gasteiger partial charge on any atom is -0.468 e. The van der Waals surface area contributed by atoms with E-state index in [-0.39, 0.29) is 31.0 Å². The van der Waals surface area contributed by atoms with Crippen molar-refractivity contribution in [3.05, 3.63) is 34.9 Å². The first-order chi connectivity index (χ1) is 13.8. The van der Waals surface area contributed by atoms with Crippen LogP contribution in [0.15, 0.2) is 24.3 Å². The lowest BCUT2D eigenvalue weighted by atomic mass is 9.67. The smallest absolute Gasteiger partial charge is 0.326 e. The lowest BCUT2D eigenvalue weighted by molar-refractivity contribution is -0.145. The van der Waals surface area contributed by atoms with Gasteiger partial charge in [-0.1, -0.05) is 50.1 Å². The van der Waals surface area contributed by atoms with Crippen LogP contribution in [0.1, 0.15) is 38.7 Å². The molecular weight excluding hydrogens is 394 g/mol. The van der Waals surface area contributed by atoms with E-state index in [2.05, 4.69) is 5.32 Å². The van der Waals surface area contributed by atoms with Crippen LogP contribution in [0.3, 0.4) is 0 Å². The maximum absolute atomic E-state index is 13.4. The van der Waals surface area contributed by atoms with Crippen molar-refractivity contribution >= 4 is 29.5 Å². The Labute approximate surface area is 176 Å². The van der Waals surface area contributed by atoms with Crippen LogP contribution in [-0.2, 0) is 20.9 Å². The van der Waals surface area contributed by atoms with E-state index in [0.29, 0.717) is 11.6 Å². The zero-order chi connectivity index (χ0) is 21.2. The van der Waals surface area contributed by atoms with Crippen molar-refractivity contribution in [2.45, 2.75) is 45.2 Å². The molecule has 3 rings (SSSR count). The number of esters is 1. The summed E-state index contributed by atoms with van der Waals surface area (Å²) in [4.78, 5) is 41.0. The highest BCUT2D eigenvalue weighted by atomic mass is 35.5. The Hall–Kier alpha value is -2.12. The van der Waals surface area contributed by atoms with Crippen LogP contribution >= 0.6 is 11.6 Å². The topological polar surface area (TPSA) is 79.0 Å². The Morgan fingerprint density at radius 3 is 2.55 bits per heavy atom. The number of ether oxygens (including phenoxy) is 1. The monoisotopic (exact) mass is 421 g/mol. The number of benzene rings is 1. The molecule has 158 valence electrons. The van der Waals surface area contributed by atoms with Crippen molar-refractivity contribution in [1.82, 2.24) is 15.1 Å². The summed E-state index contributed by atoms with van der Waals surface area (Å²) < 4.78 is 4.79. The number of hydrogen-bond acceptors (Lipinski definition) is 5. The third kappa shape index (κ3) is 4.12. The lowest BCUT2D eigenvalue weighted by Crippen LogP contribution is -2.59. The predicted octanol–water partition coefficient (Wildman–Crippen LogP) is 3.02. The molecule has 2 atom stereocenters. The SMILES string of the molecule is COC(=O)CN(Cc1ccccc1Cl)CN1C(=O)NC2(C1=O)C(C)CCCC2C. The van der Waals surface area contributed by atoms with Gasteiger partial charge in [0.05, 0.1) is 20.3 Å². The summed E-state index contributed by atoms with van der Waals surface area (Å²) in [6, 6.07) is 6.88. The van der Waals surface area contributed by atoms with Crippen molar-refractivity contribution in [3.63, 3.8) is 0 Å². The molecule has 8 heteroatoms. The van der Waals surface area contributed by atoms with E-state index in [9.17, 15) is 14.4 Å². The number of imide groups is 1. The summed E-state index contributed by atoms with van der Waals surface area (Å²) in [5, 5.41) is 3.55. The van der Waals surface area contributed by atoms with Gasteiger partial charge in [0.15, 0.2) is 0 Å². The molecule has 1 heterocycles. The molecule has 0 bridgehead atoms. The Kier molecular flexibility index (Phi) is 6.49. The molecule has 2 fully saturated rings. The molecule has 0 aromatic heterocycles. The van der Waals surface area contributed by atoms with E-state index in [0.717, 1.165) is 24.8 Å². The Balaban J connectivity index is 1.83. The average Bonchev–Trinajstić information content (AvgIpc) is 2.93. The number of rotatable bonds is 6. The molecular formula is C21H28ClN3O4. The van der Waals surface area contributed by atoms with Gasteiger partial charge in [-0.2, -0.15) is 0 Å². The second kappa shape index (κ2) is 8.71. The summed E-state index contributed by atoms with van der Waals surface area (Å²) in [5.74, 6) is -0.537. The number of hydrogen-bond donors (Lipinski definition) is 1. The molecule has 1 aromatic carbocycles. The van der Waals surface area contributed by atoms with E-state index in [4.69, 9.17) is 16.3 Å². The molecule has 1 saturated heterocycles. The minimum atomic E-state index is -0.864. The van der Waals surface area contributed by atoms with E-state index < -0.39 is 17.5 Å². The highest BCUT2D eigenvalue weighted by Crippen LogP contribution is 2.42. The maximum atomic E-state index is 13.4. The molecule has 7 nitrogen and oxygen atoms in total. The van der Waals surface area contributed by atoms with Gasteiger partial charge in [-0.3, -0.25) is 14.5 Å². The number of halogens is 1. The first-order valence-electron chi connectivity index (χ1n) is 9.96. The molecule has 0 radical (unpaired) electrons. The zero-order valence-electron chi connectivity index (χ0n) is 17.1. The van der Waals surface area contributed by atoms with Crippen LogP contribution in [-0.4, -0.2) is 53.6 Å². The van der Waals surface area contributed by atoms with Crippen molar-refractivity contribution in [2.24, 2.45) is 11.8 Å². The van der Waals surface area contributed by atoms with E-state index in [1.807, 2.05) is 32.0 Å². The highest BCUT2D eigenvalue weighted by Gasteiger charge is 2.58. The minimum absolute atomic E-state index is 0.00776. The maximum Gasteiger partial charge on any atom is 0.326 e. The van der Waals surface area contributed by atoms with Crippen LogP contribution in [0.25, 0.3) is 0 Å². The van der Waals surface area contributed by atoms with Crippen LogP contribution < -0.4 is 5.32 Å². The van der Waals surface area contributed by atoms with Crippen molar-refractivity contribution in [2.75, 3.05) is 20.3 Å². The molecule has 3 amide bonds. The van der Waals surface area contributed by atoms with Gasteiger partial charge in [-0.25, -0.2) is 9.69 Å². The van der Waals surface area contributed by atoms with Crippen LogP contribution in [0.4, 0.5) is 4.79 Å². The summed E-state index contributed by atoms with van der Waals surface area (Å²) in [7, 11) is 1.31. The number of methoxy groups -OCH3 is 1. The Morgan fingerprint density at radius 2 is 1.93 bits per heavy atom. The standard InChI is InChI=1S/C21H28ClN3O4/c1-14-7-6-8-15(2)21(14)19(27)25(20(28)23-21)13-24(12-18(26)29-3)11-16-9-4-5-10-17(16)22/h4-5,9-10,14-15H,6-8,11-13H2,1-3H3,(H,23,28). The predicted molar refractivity (Wildman–Crippen MR) is 109 cm³/mol. The van der Waals surface area contributed by atoms with E-state index in [1.54, 1.807) is 11.0 Å². The number of carbonyl (C=O) groups is 3.